The minimum absolute atomic E-state index is 0.0783. The van der Waals surface area contributed by atoms with Crippen LogP contribution in [0.2, 0.25) is 0 Å². The number of thioether (sulfide) groups is 1. The fourth-order valence-corrected chi connectivity index (χ4v) is 3.70. The Bertz CT molecular complexity index is 903. The lowest BCUT2D eigenvalue weighted by Crippen LogP contribution is -2.31. The molecule has 29 heavy (non-hydrogen) atoms. The van der Waals surface area contributed by atoms with Crippen molar-refractivity contribution in [2.24, 2.45) is 0 Å². The van der Waals surface area contributed by atoms with Crippen LogP contribution in [-0.2, 0) is 33.7 Å². The summed E-state index contributed by atoms with van der Waals surface area (Å²) in [6.45, 7) is 2.51. The molecule has 12 heteroatoms. The van der Waals surface area contributed by atoms with Crippen molar-refractivity contribution in [3.05, 3.63) is 29.6 Å². The summed E-state index contributed by atoms with van der Waals surface area (Å²) < 4.78 is 45.1. The van der Waals surface area contributed by atoms with Crippen molar-refractivity contribution in [3.8, 4) is 0 Å². The number of alkyl halides is 3. The average molecular weight is 429 g/mol. The van der Waals surface area contributed by atoms with Crippen LogP contribution in [-0.4, -0.2) is 37.3 Å². The largest absolute Gasteiger partial charge is 0.457 e. The number of hydrogen-bond donors (Lipinski definition) is 1. The fraction of sp³-hybridized carbons (Fsp3) is 0.471. The molecular weight excluding hydrogens is 411 g/mol. The maximum atomic E-state index is 12.8. The SMILES string of the molecule is CCCCn1nnnc1COC(=O)C[C@@H]1Sc2ccc(C(F)(F)F)cc2NC1=O. The fourth-order valence-electron chi connectivity index (χ4n) is 2.62. The summed E-state index contributed by atoms with van der Waals surface area (Å²) in [4.78, 5) is 24.8. The third-order valence-electron chi connectivity index (χ3n) is 4.17. The molecule has 156 valence electrons. The third-order valence-corrected chi connectivity index (χ3v) is 5.45. The van der Waals surface area contributed by atoms with Gasteiger partial charge in [0, 0.05) is 11.4 Å². The van der Waals surface area contributed by atoms with E-state index in [9.17, 15) is 22.8 Å². The van der Waals surface area contributed by atoms with Gasteiger partial charge in [-0.15, -0.1) is 16.9 Å². The Kier molecular flexibility index (Phi) is 6.40. The van der Waals surface area contributed by atoms with Gasteiger partial charge in [0.2, 0.25) is 5.91 Å². The first-order valence-electron chi connectivity index (χ1n) is 8.87. The summed E-state index contributed by atoms with van der Waals surface area (Å²) in [5.74, 6) is -0.776. The van der Waals surface area contributed by atoms with Gasteiger partial charge in [-0.2, -0.15) is 13.2 Å². The van der Waals surface area contributed by atoms with Crippen molar-refractivity contribution in [1.82, 2.24) is 20.2 Å². The number of esters is 1. The summed E-state index contributed by atoms with van der Waals surface area (Å²) in [6.07, 6.45) is -2.90. The van der Waals surface area contributed by atoms with E-state index in [4.69, 9.17) is 4.74 Å². The van der Waals surface area contributed by atoms with Gasteiger partial charge in [-0.1, -0.05) is 13.3 Å². The number of fused-ring (bicyclic) bond motifs is 1. The number of aryl methyl sites for hydroxylation is 1. The van der Waals surface area contributed by atoms with Gasteiger partial charge in [-0.05, 0) is 35.0 Å². The Balaban J connectivity index is 1.58. The Hall–Kier alpha value is -2.63. The number of ether oxygens (including phenoxy) is 1. The highest BCUT2D eigenvalue weighted by atomic mass is 32.2. The van der Waals surface area contributed by atoms with E-state index in [0.29, 0.717) is 17.3 Å². The number of rotatable bonds is 7. The quantitative estimate of drug-likeness (QED) is 0.676. The lowest BCUT2D eigenvalue weighted by atomic mass is 10.1. The molecule has 0 saturated heterocycles. The minimum Gasteiger partial charge on any atom is -0.457 e. The normalized spacial score (nSPS) is 16.3. The number of anilines is 1. The molecule has 1 aliphatic rings. The second-order valence-corrected chi connectivity index (χ2v) is 7.59. The van der Waals surface area contributed by atoms with E-state index in [1.807, 2.05) is 6.92 Å². The standard InChI is InChI=1S/C17H18F3N5O3S/c1-2-3-6-25-14(22-23-24-25)9-28-15(26)8-13-16(27)21-11-7-10(17(18,19)20)4-5-12(11)29-13/h4-5,7,13H,2-3,6,8-9H2,1H3,(H,21,27)/t13-/m0/s1. The lowest BCUT2D eigenvalue weighted by molar-refractivity contribution is -0.146. The van der Waals surface area contributed by atoms with Gasteiger partial charge in [-0.25, -0.2) is 4.68 Å². The van der Waals surface area contributed by atoms with Crippen molar-refractivity contribution in [1.29, 1.82) is 0 Å². The highest BCUT2D eigenvalue weighted by Crippen LogP contribution is 2.40. The van der Waals surface area contributed by atoms with Crippen molar-refractivity contribution >= 4 is 29.3 Å². The first kappa shape index (κ1) is 21.1. The molecule has 0 saturated carbocycles. The molecule has 8 nitrogen and oxygen atoms in total. The molecule has 0 radical (unpaired) electrons. The van der Waals surface area contributed by atoms with Crippen LogP contribution in [0.1, 0.15) is 37.6 Å². The van der Waals surface area contributed by atoms with E-state index < -0.39 is 28.9 Å². The van der Waals surface area contributed by atoms with Crippen LogP contribution in [0.15, 0.2) is 23.1 Å². The number of tetrazole rings is 1. The van der Waals surface area contributed by atoms with E-state index in [2.05, 4.69) is 20.8 Å². The number of aromatic nitrogens is 4. The molecule has 1 aliphatic heterocycles. The van der Waals surface area contributed by atoms with Crippen LogP contribution in [0, 0.1) is 0 Å². The molecule has 1 atom stereocenters. The van der Waals surface area contributed by atoms with E-state index in [-0.39, 0.29) is 18.7 Å². The van der Waals surface area contributed by atoms with Crippen molar-refractivity contribution in [2.45, 2.75) is 55.7 Å². The van der Waals surface area contributed by atoms with Crippen molar-refractivity contribution in [2.75, 3.05) is 5.32 Å². The topological polar surface area (TPSA) is 99.0 Å². The molecule has 0 fully saturated rings. The summed E-state index contributed by atoms with van der Waals surface area (Å²) >= 11 is 1.02. The second kappa shape index (κ2) is 8.80. The summed E-state index contributed by atoms with van der Waals surface area (Å²) in [5.41, 5.74) is -0.773. The first-order valence-corrected chi connectivity index (χ1v) is 9.75. The van der Waals surface area contributed by atoms with Crippen LogP contribution >= 0.6 is 11.8 Å². The smallest absolute Gasteiger partial charge is 0.416 e. The Morgan fingerprint density at radius 1 is 1.38 bits per heavy atom. The van der Waals surface area contributed by atoms with Crippen LogP contribution < -0.4 is 5.32 Å². The van der Waals surface area contributed by atoms with Crippen LogP contribution in [0.4, 0.5) is 18.9 Å². The van der Waals surface area contributed by atoms with Crippen molar-refractivity contribution in [3.63, 3.8) is 0 Å². The monoisotopic (exact) mass is 429 g/mol. The highest BCUT2D eigenvalue weighted by Gasteiger charge is 2.34. The number of nitrogens with zero attached hydrogens (tertiary/aromatic N) is 4. The number of carbonyl (C=O) groups is 2. The number of hydrogen-bond acceptors (Lipinski definition) is 7. The molecule has 0 unspecified atom stereocenters. The van der Waals surface area contributed by atoms with E-state index in [1.54, 1.807) is 4.68 Å². The van der Waals surface area contributed by atoms with Gasteiger partial charge in [0.05, 0.1) is 22.9 Å². The lowest BCUT2D eigenvalue weighted by Gasteiger charge is -2.24. The maximum absolute atomic E-state index is 12.8. The van der Waals surface area contributed by atoms with E-state index in [1.165, 1.54) is 6.07 Å². The zero-order valence-corrected chi connectivity index (χ0v) is 16.2. The number of carbonyl (C=O) groups excluding carboxylic acids is 2. The molecule has 0 bridgehead atoms. The Labute approximate surface area is 168 Å². The van der Waals surface area contributed by atoms with Gasteiger partial charge in [0.25, 0.3) is 0 Å². The van der Waals surface area contributed by atoms with Crippen LogP contribution in [0.25, 0.3) is 0 Å². The molecule has 1 N–H and O–H groups in total. The maximum Gasteiger partial charge on any atom is 0.416 e. The number of unbranched alkanes of at least 4 members (excludes halogenated alkanes) is 1. The number of halogens is 3. The molecule has 0 spiro atoms. The Morgan fingerprint density at radius 2 is 2.17 bits per heavy atom. The number of benzene rings is 1. The van der Waals surface area contributed by atoms with E-state index >= 15 is 0 Å². The first-order chi connectivity index (χ1) is 13.8. The van der Waals surface area contributed by atoms with E-state index in [0.717, 1.165) is 36.7 Å². The second-order valence-electron chi connectivity index (χ2n) is 6.34. The van der Waals surface area contributed by atoms with Gasteiger partial charge < -0.3 is 10.1 Å². The molecule has 2 aromatic rings. The summed E-state index contributed by atoms with van der Waals surface area (Å²) in [7, 11) is 0. The van der Waals surface area contributed by atoms with Crippen molar-refractivity contribution < 1.29 is 27.5 Å². The van der Waals surface area contributed by atoms with Gasteiger partial charge in [0.15, 0.2) is 12.4 Å². The molecule has 1 amide bonds. The zero-order chi connectivity index (χ0) is 21.0. The molecule has 3 rings (SSSR count). The zero-order valence-electron chi connectivity index (χ0n) is 15.4. The summed E-state index contributed by atoms with van der Waals surface area (Å²) in [6, 6.07) is 3.10. The Morgan fingerprint density at radius 3 is 2.90 bits per heavy atom. The van der Waals surface area contributed by atoms with Crippen LogP contribution in [0.3, 0.4) is 0 Å². The predicted octanol–water partition coefficient (Wildman–Crippen LogP) is 3.04. The molecule has 1 aromatic carbocycles. The highest BCUT2D eigenvalue weighted by molar-refractivity contribution is 8.01. The van der Waals surface area contributed by atoms with Gasteiger partial charge in [-0.3, -0.25) is 9.59 Å². The minimum atomic E-state index is -4.50. The predicted molar refractivity (Wildman–Crippen MR) is 96.9 cm³/mol. The van der Waals surface area contributed by atoms with Gasteiger partial charge in [0.1, 0.15) is 0 Å². The third kappa shape index (κ3) is 5.25. The molecule has 2 heterocycles. The molecular formula is C17H18F3N5O3S. The number of amides is 1. The van der Waals surface area contributed by atoms with Crippen LogP contribution in [0.5, 0.6) is 0 Å². The summed E-state index contributed by atoms with van der Waals surface area (Å²) in [5, 5.41) is 12.8. The molecule has 1 aromatic heterocycles. The number of nitrogens with one attached hydrogen (secondary N) is 1. The molecule has 0 aliphatic carbocycles. The average Bonchev–Trinajstić information content (AvgIpc) is 3.11. The van der Waals surface area contributed by atoms with Gasteiger partial charge >= 0.3 is 12.1 Å².